The molecule has 29 heavy (non-hydrogen) atoms. The van der Waals surface area contributed by atoms with Crippen LogP contribution in [0.1, 0.15) is 21.5 Å². The molecule has 0 atom stereocenters. The van der Waals surface area contributed by atoms with Gasteiger partial charge in [0, 0.05) is 26.7 Å². The first kappa shape index (κ1) is 22.9. The Balaban J connectivity index is 2.24. The number of hydrogen-bond acceptors (Lipinski definition) is 4. The minimum Gasteiger partial charge on any atom is -0.332 e. The molecule has 0 aliphatic rings. The predicted molar refractivity (Wildman–Crippen MR) is 114 cm³/mol. The second-order valence-corrected chi connectivity index (χ2v) is 9.42. The quantitative estimate of drug-likeness (QED) is 0.752. The highest BCUT2D eigenvalue weighted by Gasteiger charge is 2.24. The minimum atomic E-state index is -3.71. The molecule has 0 saturated heterocycles. The van der Waals surface area contributed by atoms with Crippen LogP contribution < -0.4 is 5.32 Å². The predicted octanol–water partition coefficient (Wildman–Crippen LogP) is 2.92. The molecule has 0 fully saturated rings. The van der Waals surface area contributed by atoms with E-state index < -0.39 is 21.8 Å². The summed E-state index contributed by atoms with van der Waals surface area (Å²) < 4.78 is 26.3. The van der Waals surface area contributed by atoms with E-state index in [1.807, 2.05) is 0 Å². The van der Waals surface area contributed by atoms with Crippen molar-refractivity contribution in [3.63, 3.8) is 0 Å². The summed E-state index contributed by atoms with van der Waals surface area (Å²) in [4.78, 5) is 26.4. The zero-order valence-electron chi connectivity index (χ0n) is 17.0. The van der Waals surface area contributed by atoms with Gasteiger partial charge >= 0.3 is 0 Å². The van der Waals surface area contributed by atoms with E-state index in [1.54, 1.807) is 44.2 Å². The van der Waals surface area contributed by atoms with Crippen LogP contribution in [0.2, 0.25) is 5.02 Å². The van der Waals surface area contributed by atoms with Crippen LogP contribution in [0.25, 0.3) is 0 Å². The molecule has 156 valence electrons. The van der Waals surface area contributed by atoms with Crippen LogP contribution >= 0.6 is 11.6 Å². The molecule has 0 unspecified atom stereocenters. The number of benzene rings is 2. The molecule has 0 aliphatic carbocycles. The van der Waals surface area contributed by atoms with Crippen LogP contribution in [0, 0.1) is 13.8 Å². The highest BCUT2D eigenvalue weighted by Crippen LogP contribution is 2.24. The van der Waals surface area contributed by atoms with Gasteiger partial charge < -0.3 is 10.2 Å². The van der Waals surface area contributed by atoms with E-state index in [0.717, 1.165) is 4.31 Å². The lowest BCUT2D eigenvalue weighted by Gasteiger charge is -2.20. The van der Waals surface area contributed by atoms with Crippen LogP contribution in [-0.4, -0.2) is 57.1 Å². The van der Waals surface area contributed by atoms with Crippen molar-refractivity contribution < 1.29 is 18.0 Å². The van der Waals surface area contributed by atoms with E-state index in [0.29, 0.717) is 21.8 Å². The van der Waals surface area contributed by atoms with E-state index in [1.165, 1.54) is 32.1 Å². The molecule has 2 aromatic carbocycles. The molecular formula is C20H24ClN3O4S. The maximum absolute atomic E-state index is 12.8. The highest BCUT2D eigenvalue weighted by molar-refractivity contribution is 7.89. The largest absolute Gasteiger partial charge is 0.332 e. The molecule has 2 rings (SSSR count). The first-order valence-electron chi connectivity index (χ1n) is 8.78. The normalized spacial score (nSPS) is 11.4. The number of nitrogens with zero attached hydrogens (tertiary/aromatic N) is 2. The number of nitrogens with one attached hydrogen (secondary N) is 1. The van der Waals surface area contributed by atoms with E-state index in [-0.39, 0.29) is 17.0 Å². The molecule has 0 aromatic heterocycles. The molecule has 0 aliphatic heterocycles. The highest BCUT2D eigenvalue weighted by atomic mass is 35.5. The zero-order valence-corrected chi connectivity index (χ0v) is 18.6. The number of para-hydroxylation sites is 1. The van der Waals surface area contributed by atoms with Gasteiger partial charge in [0.2, 0.25) is 15.9 Å². The fourth-order valence-corrected chi connectivity index (χ4v) is 4.08. The maximum atomic E-state index is 12.8. The Hall–Kier alpha value is -2.42. The van der Waals surface area contributed by atoms with Gasteiger partial charge in [-0.2, -0.15) is 0 Å². The van der Waals surface area contributed by atoms with Gasteiger partial charge in [0.15, 0.2) is 0 Å². The van der Waals surface area contributed by atoms with E-state index in [4.69, 9.17) is 11.6 Å². The third kappa shape index (κ3) is 5.14. The number of aryl methyl sites for hydroxylation is 1. The molecule has 0 spiro atoms. The molecule has 2 amide bonds. The number of sulfonamides is 1. The van der Waals surface area contributed by atoms with Crippen LogP contribution in [0.4, 0.5) is 5.69 Å². The summed E-state index contributed by atoms with van der Waals surface area (Å²) >= 11 is 6.03. The molecule has 0 radical (unpaired) electrons. The third-order valence-corrected chi connectivity index (χ3v) is 6.77. The number of anilines is 1. The van der Waals surface area contributed by atoms with Crippen LogP contribution in [0.5, 0.6) is 0 Å². The monoisotopic (exact) mass is 437 g/mol. The Morgan fingerprint density at radius 2 is 1.69 bits per heavy atom. The maximum Gasteiger partial charge on any atom is 0.254 e. The van der Waals surface area contributed by atoms with Crippen molar-refractivity contribution >= 4 is 39.1 Å². The van der Waals surface area contributed by atoms with Crippen LogP contribution in [-0.2, 0) is 14.8 Å². The second kappa shape index (κ2) is 8.94. The molecule has 7 nitrogen and oxygen atoms in total. The summed E-state index contributed by atoms with van der Waals surface area (Å²) in [7, 11) is 0.633. The van der Waals surface area contributed by atoms with Gasteiger partial charge in [-0.05, 0) is 49.2 Å². The van der Waals surface area contributed by atoms with Crippen molar-refractivity contribution in [2.45, 2.75) is 18.7 Å². The van der Waals surface area contributed by atoms with E-state index in [9.17, 15) is 18.0 Å². The van der Waals surface area contributed by atoms with Gasteiger partial charge in [-0.25, -0.2) is 12.7 Å². The molecule has 1 N–H and O–H groups in total. The van der Waals surface area contributed by atoms with Crippen molar-refractivity contribution in [1.82, 2.24) is 9.21 Å². The first-order valence-corrected chi connectivity index (χ1v) is 10.6. The molecule has 9 heteroatoms. The lowest BCUT2D eigenvalue weighted by Crippen LogP contribution is -2.35. The van der Waals surface area contributed by atoms with Gasteiger partial charge in [0.05, 0.1) is 22.2 Å². The zero-order chi connectivity index (χ0) is 21.9. The lowest BCUT2D eigenvalue weighted by atomic mass is 10.1. The third-order valence-electron chi connectivity index (χ3n) is 4.50. The Kier molecular flexibility index (Phi) is 7.05. The average molecular weight is 438 g/mol. The lowest BCUT2D eigenvalue weighted by molar-refractivity contribution is -0.116. The van der Waals surface area contributed by atoms with Crippen molar-refractivity contribution in [3.8, 4) is 0 Å². The molecule has 0 bridgehead atoms. The van der Waals surface area contributed by atoms with Gasteiger partial charge in [0.1, 0.15) is 0 Å². The molecule has 0 heterocycles. The molecular weight excluding hydrogens is 414 g/mol. The summed E-state index contributed by atoms with van der Waals surface area (Å²) in [6.07, 6.45) is 0. The van der Waals surface area contributed by atoms with Crippen molar-refractivity contribution in [3.05, 3.63) is 58.1 Å². The standard InChI is InChI=1S/C20H24ClN3O4S/c1-13-10-15(11-18(14(13)2)29(27,28)23(3)4)20(26)24(5)12-19(25)22-17-9-7-6-8-16(17)21/h6-11H,12H2,1-5H3,(H,22,25). The summed E-state index contributed by atoms with van der Waals surface area (Å²) in [5.41, 5.74) is 1.90. The van der Waals surface area contributed by atoms with Crippen molar-refractivity contribution in [2.75, 3.05) is 33.0 Å². The number of hydrogen-bond donors (Lipinski definition) is 1. The summed E-state index contributed by atoms with van der Waals surface area (Å²) in [6, 6.07) is 9.75. The van der Waals surface area contributed by atoms with Crippen LogP contribution in [0.15, 0.2) is 41.3 Å². The fraction of sp³-hybridized carbons (Fsp3) is 0.300. The van der Waals surface area contributed by atoms with Crippen molar-refractivity contribution in [1.29, 1.82) is 0 Å². The van der Waals surface area contributed by atoms with Crippen LogP contribution in [0.3, 0.4) is 0 Å². The SMILES string of the molecule is Cc1cc(C(=O)N(C)CC(=O)Nc2ccccc2Cl)cc(S(=O)(=O)N(C)C)c1C. The molecule has 2 aromatic rings. The number of likely N-dealkylation sites (N-methyl/N-ethyl adjacent to an activating group) is 1. The van der Waals surface area contributed by atoms with Gasteiger partial charge in [-0.15, -0.1) is 0 Å². The van der Waals surface area contributed by atoms with Gasteiger partial charge in [0.25, 0.3) is 5.91 Å². The topological polar surface area (TPSA) is 86.8 Å². The Bertz CT molecular complexity index is 1050. The Morgan fingerprint density at radius 3 is 2.28 bits per heavy atom. The first-order chi connectivity index (χ1) is 13.4. The smallest absolute Gasteiger partial charge is 0.254 e. The van der Waals surface area contributed by atoms with E-state index >= 15 is 0 Å². The summed E-state index contributed by atoms with van der Waals surface area (Å²) in [6.45, 7) is 3.22. The number of rotatable bonds is 6. The van der Waals surface area contributed by atoms with Gasteiger partial charge in [-0.3, -0.25) is 9.59 Å². The minimum absolute atomic E-state index is 0.0692. The molecule has 0 saturated carbocycles. The Morgan fingerprint density at radius 1 is 1.07 bits per heavy atom. The summed E-state index contributed by atoms with van der Waals surface area (Å²) in [5, 5.41) is 3.04. The number of amides is 2. The van der Waals surface area contributed by atoms with Crippen molar-refractivity contribution in [2.24, 2.45) is 0 Å². The second-order valence-electron chi connectivity index (χ2n) is 6.89. The number of carbonyl (C=O) groups excluding carboxylic acids is 2. The van der Waals surface area contributed by atoms with E-state index in [2.05, 4.69) is 5.32 Å². The van der Waals surface area contributed by atoms with Gasteiger partial charge in [-0.1, -0.05) is 23.7 Å². The summed E-state index contributed by atoms with van der Waals surface area (Å²) in [5.74, 6) is -0.878. The number of carbonyl (C=O) groups is 2. The Labute approximate surface area is 176 Å². The number of halogens is 1. The average Bonchev–Trinajstić information content (AvgIpc) is 2.64. The fourth-order valence-electron chi connectivity index (χ4n) is 2.68.